The van der Waals surface area contributed by atoms with Crippen LogP contribution in [0.1, 0.15) is 25.0 Å². The van der Waals surface area contributed by atoms with Gasteiger partial charge in [-0.2, -0.15) is 0 Å². The molecular formula is C14H23IN2. The fourth-order valence-electron chi connectivity index (χ4n) is 1.64. The Kier molecular flexibility index (Phi) is 7.08. The average molecular weight is 346 g/mol. The highest BCUT2D eigenvalue weighted by molar-refractivity contribution is 14.1. The van der Waals surface area contributed by atoms with Crippen molar-refractivity contribution < 1.29 is 0 Å². The number of hydrogen-bond donors (Lipinski definition) is 2. The topological polar surface area (TPSA) is 24.1 Å². The molecule has 0 heterocycles. The van der Waals surface area contributed by atoms with Crippen LogP contribution in [-0.2, 0) is 6.54 Å². The number of halogens is 1. The second kappa shape index (κ2) is 8.06. The minimum absolute atomic E-state index is 0.729. The molecule has 0 saturated carbocycles. The van der Waals surface area contributed by atoms with Crippen molar-refractivity contribution in [2.24, 2.45) is 5.92 Å². The van der Waals surface area contributed by atoms with Crippen LogP contribution in [-0.4, -0.2) is 19.6 Å². The Bertz CT molecular complexity index is 337. The fourth-order valence-corrected chi connectivity index (χ4v) is 2.19. The summed E-state index contributed by atoms with van der Waals surface area (Å²) in [5, 5.41) is 6.91. The Morgan fingerprint density at radius 3 is 2.59 bits per heavy atom. The molecule has 0 spiro atoms. The van der Waals surface area contributed by atoms with E-state index in [9.17, 15) is 0 Å². The zero-order chi connectivity index (χ0) is 12.7. The van der Waals surface area contributed by atoms with Gasteiger partial charge in [-0.25, -0.2) is 0 Å². The molecule has 17 heavy (non-hydrogen) atoms. The van der Waals surface area contributed by atoms with Crippen molar-refractivity contribution in [1.82, 2.24) is 10.6 Å². The third kappa shape index (κ3) is 5.84. The Balaban J connectivity index is 2.20. The van der Waals surface area contributed by atoms with E-state index in [1.54, 1.807) is 0 Å². The van der Waals surface area contributed by atoms with Crippen molar-refractivity contribution in [3.05, 3.63) is 32.9 Å². The van der Waals surface area contributed by atoms with Gasteiger partial charge in [-0.1, -0.05) is 32.0 Å². The molecule has 0 saturated heterocycles. The standard InChI is InChI=1S/C14H23IN2/c1-11(2)9-16-7-8-17-10-13-6-4-5-12(3)14(13)15/h4-6,11,16-17H,7-10H2,1-3H3. The van der Waals surface area contributed by atoms with Gasteiger partial charge in [-0.3, -0.25) is 0 Å². The van der Waals surface area contributed by atoms with Crippen molar-refractivity contribution in [3.63, 3.8) is 0 Å². The van der Waals surface area contributed by atoms with Gasteiger partial charge in [0, 0.05) is 23.2 Å². The van der Waals surface area contributed by atoms with Crippen LogP contribution in [0.15, 0.2) is 18.2 Å². The lowest BCUT2D eigenvalue weighted by Gasteiger charge is -2.10. The minimum atomic E-state index is 0.729. The summed E-state index contributed by atoms with van der Waals surface area (Å²) in [6.07, 6.45) is 0. The molecule has 0 atom stereocenters. The second-order valence-electron chi connectivity index (χ2n) is 4.82. The maximum Gasteiger partial charge on any atom is 0.0216 e. The molecule has 2 nitrogen and oxygen atoms in total. The molecule has 1 aromatic rings. The molecule has 0 radical (unpaired) electrons. The van der Waals surface area contributed by atoms with Crippen molar-refractivity contribution in [3.8, 4) is 0 Å². The number of hydrogen-bond acceptors (Lipinski definition) is 2. The van der Waals surface area contributed by atoms with Gasteiger partial charge >= 0.3 is 0 Å². The van der Waals surface area contributed by atoms with E-state index >= 15 is 0 Å². The zero-order valence-corrected chi connectivity index (χ0v) is 13.2. The van der Waals surface area contributed by atoms with E-state index < -0.39 is 0 Å². The maximum atomic E-state index is 3.48. The summed E-state index contributed by atoms with van der Waals surface area (Å²) in [5.74, 6) is 0.729. The smallest absolute Gasteiger partial charge is 0.0216 e. The number of benzene rings is 1. The van der Waals surface area contributed by atoms with Gasteiger partial charge in [0.2, 0.25) is 0 Å². The van der Waals surface area contributed by atoms with Crippen LogP contribution >= 0.6 is 22.6 Å². The van der Waals surface area contributed by atoms with Crippen molar-refractivity contribution in [2.75, 3.05) is 19.6 Å². The van der Waals surface area contributed by atoms with Crippen molar-refractivity contribution in [1.29, 1.82) is 0 Å². The first kappa shape index (κ1) is 14.9. The van der Waals surface area contributed by atoms with Gasteiger partial charge in [-0.05, 0) is 53.1 Å². The fraction of sp³-hybridized carbons (Fsp3) is 0.571. The van der Waals surface area contributed by atoms with Crippen LogP contribution < -0.4 is 10.6 Å². The number of aryl methyl sites for hydroxylation is 1. The summed E-state index contributed by atoms with van der Waals surface area (Å²) in [4.78, 5) is 0. The molecule has 0 unspecified atom stereocenters. The number of nitrogens with one attached hydrogen (secondary N) is 2. The lowest BCUT2D eigenvalue weighted by atomic mass is 10.1. The maximum absolute atomic E-state index is 3.48. The summed E-state index contributed by atoms with van der Waals surface area (Å²) >= 11 is 2.43. The van der Waals surface area contributed by atoms with E-state index in [2.05, 4.69) is 72.2 Å². The monoisotopic (exact) mass is 346 g/mol. The third-order valence-electron chi connectivity index (χ3n) is 2.62. The van der Waals surface area contributed by atoms with E-state index in [0.717, 1.165) is 32.1 Å². The summed E-state index contributed by atoms with van der Waals surface area (Å²) in [7, 11) is 0. The first-order valence-corrected chi connectivity index (χ1v) is 7.34. The predicted octanol–water partition coefficient (Wildman–Crippen LogP) is 2.93. The predicted molar refractivity (Wildman–Crippen MR) is 83.3 cm³/mol. The van der Waals surface area contributed by atoms with Gasteiger partial charge in [0.15, 0.2) is 0 Å². The summed E-state index contributed by atoms with van der Waals surface area (Å²) in [6, 6.07) is 6.49. The Morgan fingerprint density at radius 2 is 1.88 bits per heavy atom. The van der Waals surface area contributed by atoms with E-state index in [4.69, 9.17) is 0 Å². The second-order valence-corrected chi connectivity index (χ2v) is 5.90. The SMILES string of the molecule is Cc1cccc(CNCCNCC(C)C)c1I. The summed E-state index contributed by atoms with van der Waals surface area (Å²) in [5.41, 5.74) is 2.76. The zero-order valence-electron chi connectivity index (χ0n) is 11.0. The summed E-state index contributed by atoms with van der Waals surface area (Å²) in [6.45, 7) is 10.8. The van der Waals surface area contributed by atoms with Crippen LogP contribution in [0.3, 0.4) is 0 Å². The van der Waals surface area contributed by atoms with Gasteiger partial charge in [0.05, 0.1) is 0 Å². The molecule has 3 heteroatoms. The van der Waals surface area contributed by atoms with Crippen LogP contribution in [0.4, 0.5) is 0 Å². The number of rotatable bonds is 7. The highest BCUT2D eigenvalue weighted by Crippen LogP contribution is 2.16. The minimum Gasteiger partial charge on any atom is -0.315 e. The van der Waals surface area contributed by atoms with Crippen LogP contribution in [0.5, 0.6) is 0 Å². The highest BCUT2D eigenvalue weighted by atomic mass is 127. The van der Waals surface area contributed by atoms with E-state index in [-0.39, 0.29) is 0 Å². The molecule has 96 valence electrons. The largest absolute Gasteiger partial charge is 0.315 e. The lowest BCUT2D eigenvalue weighted by Crippen LogP contribution is -2.29. The van der Waals surface area contributed by atoms with Crippen molar-refractivity contribution in [2.45, 2.75) is 27.3 Å². The van der Waals surface area contributed by atoms with Crippen molar-refractivity contribution >= 4 is 22.6 Å². The molecule has 1 rings (SSSR count). The Hall–Kier alpha value is -0.130. The molecule has 0 bridgehead atoms. The van der Waals surface area contributed by atoms with Gasteiger partial charge in [0.1, 0.15) is 0 Å². The molecule has 2 N–H and O–H groups in total. The molecule has 0 aromatic heterocycles. The molecule has 0 fully saturated rings. The van der Waals surface area contributed by atoms with E-state index in [1.165, 1.54) is 14.7 Å². The van der Waals surface area contributed by atoms with Gasteiger partial charge in [0.25, 0.3) is 0 Å². The molecule has 1 aromatic carbocycles. The highest BCUT2D eigenvalue weighted by Gasteiger charge is 2.01. The average Bonchev–Trinajstić information content (AvgIpc) is 2.28. The molecule has 0 aliphatic carbocycles. The van der Waals surface area contributed by atoms with Crippen LogP contribution in [0, 0.1) is 16.4 Å². The molecule has 0 amide bonds. The first-order chi connectivity index (χ1) is 8.11. The molecule has 0 aliphatic heterocycles. The summed E-state index contributed by atoms with van der Waals surface area (Å²) < 4.78 is 1.38. The quantitative estimate of drug-likeness (QED) is 0.586. The Morgan fingerprint density at radius 1 is 1.18 bits per heavy atom. The van der Waals surface area contributed by atoms with Gasteiger partial charge in [-0.15, -0.1) is 0 Å². The van der Waals surface area contributed by atoms with E-state index in [1.807, 2.05) is 0 Å². The lowest BCUT2D eigenvalue weighted by molar-refractivity contribution is 0.535. The Labute approximate surface area is 119 Å². The van der Waals surface area contributed by atoms with E-state index in [0.29, 0.717) is 0 Å². The normalized spacial score (nSPS) is 11.1. The molecule has 0 aliphatic rings. The third-order valence-corrected chi connectivity index (χ3v) is 4.16. The first-order valence-electron chi connectivity index (χ1n) is 6.26. The van der Waals surface area contributed by atoms with Crippen LogP contribution in [0.25, 0.3) is 0 Å². The molecular weight excluding hydrogens is 323 g/mol. The van der Waals surface area contributed by atoms with Gasteiger partial charge < -0.3 is 10.6 Å². The van der Waals surface area contributed by atoms with Crippen LogP contribution in [0.2, 0.25) is 0 Å².